The minimum atomic E-state index is 0.181. The molecule has 2 aromatic carbocycles. The van der Waals surface area contributed by atoms with Crippen LogP contribution in [0.2, 0.25) is 20.1 Å². The summed E-state index contributed by atoms with van der Waals surface area (Å²) in [5, 5.41) is 5.08. The normalized spacial score (nSPS) is 12.6. The fourth-order valence-corrected chi connectivity index (χ4v) is 3.26. The van der Waals surface area contributed by atoms with Gasteiger partial charge in [-0.1, -0.05) is 46.4 Å². The van der Waals surface area contributed by atoms with Crippen molar-refractivity contribution >= 4 is 52.1 Å². The molecule has 0 saturated heterocycles. The van der Waals surface area contributed by atoms with E-state index in [1.807, 2.05) is 6.07 Å². The van der Waals surface area contributed by atoms with E-state index < -0.39 is 0 Å². The summed E-state index contributed by atoms with van der Waals surface area (Å²) in [5.74, 6) is 1.20. The first kappa shape index (κ1) is 14.9. The lowest BCUT2D eigenvalue weighted by Crippen LogP contribution is -2.01. The third kappa shape index (κ3) is 3.11. The molecule has 0 aliphatic carbocycles. The predicted molar refractivity (Wildman–Crippen MR) is 86.4 cm³/mol. The van der Waals surface area contributed by atoms with Gasteiger partial charge in [0.15, 0.2) is 11.5 Å². The molecule has 0 unspecified atom stereocenters. The summed E-state index contributed by atoms with van der Waals surface area (Å²) in [6.45, 7) is 0.665. The molecule has 1 aliphatic heterocycles. The molecule has 1 aliphatic rings. The molecule has 0 atom stereocenters. The first-order chi connectivity index (χ1) is 10.0. The minimum absolute atomic E-state index is 0.181. The van der Waals surface area contributed by atoms with Crippen molar-refractivity contribution in [1.82, 2.24) is 0 Å². The SMILES string of the molecule is Clc1cc(Cl)c(NCc2cc(Cl)c3c(c2)OCO3)c(Cl)c1. The summed E-state index contributed by atoms with van der Waals surface area (Å²) in [6.07, 6.45) is 0. The summed E-state index contributed by atoms with van der Waals surface area (Å²) in [6, 6.07) is 6.92. The fourth-order valence-electron chi connectivity index (χ4n) is 2.02. The molecule has 3 rings (SSSR count). The Bertz CT molecular complexity index is 683. The van der Waals surface area contributed by atoms with Crippen molar-refractivity contribution in [3.05, 3.63) is 49.9 Å². The molecule has 3 nitrogen and oxygen atoms in total. The lowest BCUT2D eigenvalue weighted by Gasteiger charge is -2.12. The summed E-state index contributed by atoms with van der Waals surface area (Å²) in [4.78, 5) is 0. The zero-order chi connectivity index (χ0) is 15.0. The smallest absolute Gasteiger partial charge is 0.231 e. The van der Waals surface area contributed by atoms with Gasteiger partial charge in [-0.3, -0.25) is 0 Å². The Labute approximate surface area is 141 Å². The monoisotopic (exact) mass is 363 g/mol. The van der Waals surface area contributed by atoms with Crippen LogP contribution in [0.15, 0.2) is 24.3 Å². The molecular formula is C14H9Cl4NO2. The number of hydrogen-bond donors (Lipinski definition) is 1. The second-order valence-corrected chi connectivity index (χ2v) is 6.07. The molecule has 110 valence electrons. The minimum Gasteiger partial charge on any atom is -0.454 e. The van der Waals surface area contributed by atoms with Gasteiger partial charge in [-0.05, 0) is 29.8 Å². The van der Waals surface area contributed by atoms with E-state index in [2.05, 4.69) is 5.32 Å². The van der Waals surface area contributed by atoms with Crippen LogP contribution in [0.4, 0.5) is 5.69 Å². The highest BCUT2D eigenvalue weighted by molar-refractivity contribution is 6.41. The lowest BCUT2D eigenvalue weighted by atomic mass is 10.2. The van der Waals surface area contributed by atoms with Crippen LogP contribution in [0.5, 0.6) is 11.5 Å². The molecule has 1 heterocycles. The molecule has 0 radical (unpaired) electrons. The van der Waals surface area contributed by atoms with Crippen LogP contribution in [-0.4, -0.2) is 6.79 Å². The zero-order valence-corrected chi connectivity index (χ0v) is 13.6. The van der Waals surface area contributed by atoms with Gasteiger partial charge in [0, 0.05) is 11.6 Å². The van der Waals surface area contributed by atoms with E-state index in [0.717, 1.165) is 5.56 Å². The predicted octanol–water partition coefficient (Wildman–Crippen LogP) is 5.64. The highest BCUT2D eigenvalue weighted by Gasteiger charge is 2.18. The quantitative estimate of drug-likeness (QED) is 0.764. The van der Waals surface area contributed by atoms with Crippen LogP contribution in [0.25, 0.3) is 0 Å². The Kier molecular flexibility index (Phi) is 4.27. The largest absolute Gasteiger partial charge is 0.454 e. The number of fused-ring (bicyclic) bond motifs is 1. The van der Waals surface area contributed by atoms with Crippen molar-refractivity contribution in [2.45, 2.75) is 6.54 Å². The van der Waals surface area contributed by atoms with Gasteiger partial charge < -0.3 is 14.8 Å². The number of rotatable bonds is 3. The van der Waals surface area contributed by atoms with Crippen LogP contribution in [0.3, 0.4) is 0 Å². The number of ether oxygens (including phenoxy) is 2. The first-order valence-electron chi connectivity index (χ1n) is 6.01. The second kappa shape index (κ2) is 6.01. The third-order valence-electron chi connectivity index (χ3n) is 2.96. The number of halogens is 4. The lowest BCUT2D eigenvalue weighted by molar-refractivity contribution is 0.174. The Morgan fingerprint density at radius 2 is 1.62 bits per heavy atom. The molecular weight excluding hydrogens is 356 g/mol. The van der Waals surface area contributed by atoms with Gasteiger partial charge in [0.1, 0.15) is 0 Å². The van der Waals surface area contributed by atoms with Crippen molar-refractivity contribution < 1.29 is 9.47 Å². The van der Waals surface area contributed by atoms with Crippen molar-refractivity contribution in [2.75, 3.05) is 12.1 Å². The number of benzene rings is 2. The molecule has 1 N–H and O–H groups in total. The summed E-state index contributed by atoms with van der Waals surface area (Å²) in [5.41, 5.74) is 1.54. The zero-order valence-electron chi connectivity index (χ0n) is 10.6. The van der Waals surface area contributed by atoms with E-state index in [1.165, 1.54) is 0 Å². The molecule has 0 spiro atoms. The molecule has 21 heavy (non-hydrogen) atoms. The van der Waals surface area contributed by atoms with Gasteiger partial charge in [0.25, 0.3) is 0 Å². The molecule has 0 amide bonds. The van der Waals surface area contributed by atoms with Crippen molar-refractivity contribution in [2.24, 2.45) is 0 Å². The van der Waals surface area contributed by atoms with Crippen LogP contribution in [0.1, 0.15) is 5.56 Å². The van der Waals surface area contributed by atoms with E-state index in [9.17, 15) is 0 Å². The Morgan fingerprint density at radius 1 is 0.905 bits per heavy atom. The highest BCUT2D eigenvalue weighted by Crippen LogP contribution is 2.40. The summed E-state index contributed by atoms with van der Waals surface area (Å²) in [7, 11) is 0. The Balaban J connectivity index is 1.81. The summed E-state index contributed by atoms with van der Waals surface area (Å²) < 4.78 is 10.6. The maximum absolute atomic E-state index is 6.14. The third-order valence-corrected chi connectivity index (χ3v) is 4.06. The molecule has 0 saturated carbocycles. The Morgan fingerprint density at radius 3 is 2.33 bits per heavy atom. The topological polar surface area (TPSA) is 30.5 Å². The number of nitrogens with one attached hydrogen (secondary N) is 1. The number of anilines is 1. The molecule has 2 aromatic rings. The van der Waals surface area contributed by atoms with Crippen LogP contribution >= 0.6 is 46.4 Å². The maximum Gasteiger partial charge on any atom is 0.231 e. The van der Waals surface area contributed by atoms with E-state index in [1.54, 1.807) is 18.2 Å². The van der Waals surface area contributed by atoms with E-state index in [0.29, 0.717) is 43.8 Å². The van der Waals surface area contributed by atoms with E-state index in [4.69, 9.17) is 55.9 Å². The molecule has 0 bridgehead atoms. The molecule has 0 aromatic heterocycles. The van der Waals surface area contributed by atoms with Crippen molar-refractivity contribution in [1.29, 1.82) is 0 Å². The standard InChI is InChI=1S/C14H9Cl4NO2/c15-8-3-9(16)13(10(17)4-8)19-5-7-1-11(18)14-12(2-7)20-6-21-14/h1-4,19H,5-6H2. The van der Waals surface area contributed by atoms with Crippen molar-refractivity contribution in [3.63, 3.8) is 0 Å². The van der Waals surface area contributed by atoms with Gasteiger partial charge in [0.2, 0.25) is 6.79 Å². The molecule has 0 fully saturated rings. The average Bonchev–Trinajstić information content (AvgIpc) is 2.86. The second-order valence-electron chi connectivity index (χ2n) is 4.41. The van der Waals surface area contributed by atoms with Gasteiger partial charge in [-0.15, -0.1) is 0 Å². The van der Waals surface area contributed by atoms with E-state index >= 15 is 0 Å². The fraction of sp³-hybridized carbons (Fsp3) is 0.143. The highest BCUT2D eigenvalue weighted by atomic mass is 35.5. The summed E-state index contributed by atoms with van der Waals surface area (Å²) >= 11 is 24.3. The van der Waals surface area contributed by atoms with Crippen molar-refractivity contribution in [3.8, 4) is 11.5 Å². The average molecular weight is 365 g/mol. The van der Waals surface area contributed by atoms with Crippen LogP contribution in [-0.2, 0) is 6.54 Å². The van der Waals surface area contributed by atoms with Gasteiger partial charge in [-0.2, -0.15) is 0 Å². The van der Waals surface area contributed by atoms with Crippen LogP contribution in [0, 0.1) is 0 Å². The van der Waals surface area contributed by atoms with E-state index in [-0.39, 0.29) is 6.79 Å². The maximum atomic E-state index is 6.14. The van der Waals surface area contributed by atoms with Crippen LogP contribution < -0.4 is 14.8 Å². The Hall–Kier alpha value is -1.00. The van der Waals surface area contributed by atoms with Gasteiger partial charge in [-0.25, -0.2) is 0 Å². The van der Waals surface area contributed by atoms with Gasteiger partial charge >= 0.3 is 0 Å². The number of hydrogen-bond acceptors (Lipinski definition) is 3. The molecule has 7 heteroatoms. The first-order valence-corrected chi connectivity index (χ1v) is 7.52. The van der Waals surface area contributed by atoms with Gasteiger partial charge in [0.05, 0.1) is 20.8 Å².